The van der Waals surface area contributed by atoms with Crippen molar-refractivity contribution >= 4 is 5.97 Å². The molecular weight excluding hydrogens is 190 g/mol. The molecule has 0 aliphatic carbocycles. The maximum atomic E-state index is 10.8. The molecule has 0 amide bonds. The molecule has 1 rings (SSSR count). The summed E-state index contributed by atoms with van der Waals surface area (Å²) in [5, 5.41) is 8.76. The minimum Gasteiger partial charge on any atom is -0.468 e. The Morgan fingerprint density at radius 3 is 2.67 bits per heavy atom. The third-order valence-corrected chi connectivity index (χ3v) is 1.73. The fourth-order valence-electron chi connectivity index (χ4n) is 0.973. The van der Waals surface area contributed by atoms with Gasteiger partial charge >= 0.3 is 5.97 Å². The smallest absolute Gasteiger partial charge is 0.317 e. The molecule has 15 heavy (non-hydrogen) atoms. The van der Waals surface area contributed by atoms with Crippen molar-refractivity contribution in [2.75, 3.05) is 7.11 Å². The molecule has 74 valence electrons. The third kappa shape index (κ3) is 3.17. The summed E-state index contributed by atoms with van der Waals surface area (Å²) in [6.45, 7) is 0. The van der Waals surface area contributed by atoms with Crippen LogP contribution in [0.4, 0.5) is 0 Å². The summed E-state index contributed by atoms with van der Waals surface area (Å²) in [5.41, 5.74) is 1.14. The standard InChI is InChI=1S/C12H9NO2/c1-15-12(14)8-4-7-10-5-2-3-6-11(10)9-13/h2-3,5-6H,8H2,1H3. The van der Waals surface area contributed by atoms with Crippen LogP contribution < -0.4 is 0 Å². The molecule has 0 unspecified atom stereocenters. The van der Waals surface area contributed by atoms with Crippen molar-refractivity contribution in [1.29, 1.82) is 5.26 Å². The second-order valence-corrected chi connectivity index (χ2v) is 2.71. The van der Waals surface area contributed by atoms with E-state index in [2.05, 4.69) is 16.6 Å². The molecule has 1 aromatic carbocycles. The SMILES string of the molecule is COC(=O)CC#Cc1ccccc1C#N. The first kappa shape index (κ1) is 10.8. The zero-order chi connectivity index (χ0) is 11.1. The fourth-order valence-corrected chi connectivity index (χ4v) is 0.973. The average molecular weight is 199 g/mol. The van der Waals surface area contributed by atoms with Crippen molar-refractivity contribution in [3.8, 4) is 17.9 Å². The number of nitriles is 1. The largest absolute Gasteiger partial charge is 0.468 e. The van der Waals surface area contributed by atoms with Crippen molar-refractivity contribution in [2.24, 2.45) is 0 Å². The lowest BCUT2D eigenvalue weighted by Gasteiger charge is -1.92. The highest BCUT2D eigenvalue weighted by molar-refractivity contribution is 5.72. The summed E-state index contributed by atoms with van der Waals surface area (Å²) >= 11 is 0. The van der Waals surface area contributed by atoms with Crippen molar-refractivity contribution < 1.29 is 9.53 Å². The molecule has 0 spiro atoms. The molecule has 0 radical (unpaired) electrons. The Morgan fingerprint density at radius 2 is 2.07 bits per heavy atom. The second kappa shape index (κ2) is 5.47. The van der Waals surface area contributed by atoms with Crippen LogP contribution in [0.3, 0.4) is 0 Å². The van der Waals surface area contributed by atoms with Crippen molar-refractivity contribution in [3.05, 3.63) is 35.4 Å². The lowest BCUT2D eigenvalue weighted by Crippen LogP contribution is -1.97. The van der Waals surface area contributed by atoms with Crippen LogP contribution in [-0.4, -0.2) is 13.1 Å². The number of hydrogen-bond donors (Lipinski definition) is 0. The lowest BCUT2D eigenvalue weighted by atomic mass is 10.1. The molecule has 0 saturated carbocycles. The van der Waals surface area contributed by atoms with Crippen LogP contribution in [0.2, 0.25) is 0 Å². The number of carbonyl (C=O) groups is 1. The van der Waals surface area contributed by atoms with E-state index >= 15 is 0 Å². The summed E-state index contributed by atoms with van der Waals surface area (Å²) in [6, 6.07) is 9.01. The molecule has 3 nitrogen and oxygen atoms in total. The van der Waals surface area contributed by atoms with Crippen LogP contribution in [0.25, 0.3) is 0 Å². The van der Waals surface area contributed by atoms with Crippen molar-refractivity contribution in [2.45, 2.75) is 6.42 Å². The highest BCUT2D eigenvalue weighted by Crippen LogP contribution is 2.04. The van der Waals surface area contributed by atoms with E-state index in [0.717, 1.165) is 0 Å². The van der Waals surface area contributed by atoms with Gasteiger partial charge in [-0.3, -0.25) is 4.79 Å². The maximum absolute atomic E-state index is 10.8. The zero-order valence-corrected chi connectivity index (χ0v) is 8.28. The van der Waals surface area contributed by atoms with Crippen LogP contribution in [0, 0.1) is 23.2 Å². The number of esters is 1. The Morgan fingerprint density at radius 1 is 1.40 bits per heavy atom. The van der Waals surface area contributed by atoms with E-state index in [9.17, 15) is 4.79 Å². The lowest BCUT2D eigenvalue weighted by molar-refractivity contribution is -0.139. The first-order valence-electron chi connectivity index (χ1n) is 4.32. The Hall–Kier alpha value is -2.26. The summed E-state index contributed by atoms with van der Waals surface area (Å²) < 4.78 is 4.44. The predicted molar refractivity (Wildman–Crippen MR) is 54.7 cm³/mol. The van der Waals surface area contributed by atoms with E-state index < -0.39 is 0 Å². The van der Waals surface area contributed by atoms with E-state index in [-0.39, 0.29) is 12.4 Å². The first-order chi connectivity index (χ1) is 7.27. The van der Waals surface area contributed by atoms with Crippen LogP contribution >= 0.6 is 0 Å². The number of methoxy groups -OCH3 is 1. The Balaban J connectivity index is 2.81. The Bertz CT molecular complexity index is 460. The summed E-state index contributed by atoms with van der Waals surface area (Å²) in [5.74, 6) is 5.03. The number of rotatable bonds is 1. The molecule has 0 aliphatic rings. The van der Waals surface area contributed by atoms with Gasteiger partial charge < -0.3 is 4.74 Å². The number of benzene rings is 1. The molecule has 0 N–H and O–H groups in total. The Labute approximate surface area is 88.3 Å². The van der Waals surface area contributed by atoms with Gasteiger partial charge in [0.25, 0.3) is 0 Å². The normalized spacial score (nSPS) is 8.27. The molecule has 0 heterocycles. The van der Waals surface area contributed by atoms with Crippen LogP contribution in [0.15, 0.2) is 24.3 Å². The number of carbonyl (C=O) groups excluding carboxylic acids is 1. The molecular formula is C12H9NO2. The quantitative estimate of drug-likeness (QED) is 0.508. The topological polar surface area (TPSA) is 50.1 Å². The zero-order valence-electron chi connectivity index (χ0n) is 8.28. The van der Waals surface area contributed by atoms with Gasteiger partial charge in [0.2, 0.25) is 0 Å². The van der Waals surface area contributed by atoms with Gasteiger partial charge in [-0.05, 0) is 12.1 Å². The Kier molecular flexibility index (Phi) is 3.94. The second-order valence-electron chi connectivity index (χ2n) is 2.71. The van der Waals surface area contributed by atoms with E-state index in [0.29, 0.717) is 11.1 Å². The fraction of sp³-hybridized carbons (Fsp3) is 0.167. The van der Waals surface area contributed by atoms with Crippen LogP contribution in [0.1, 0.15) is 17.5 Å². The van der Waals surface area contributed by atoms with Crippen LogP contribution in [-0.2, 0) is 9.53 Å². The molecule has 0 bridgehead atoms. The molecule has 0 atom stereocenters. The van der Waals surface area contributed by atoms with Crippen molar-refractivity contribution in [1.82, 2.24) is 0 Å². The van der Waals surface area contributed by atoms with Gasteiger partial charge in [0.05, 0.1) is 12.7 Å². The minimum absolute atomic E-state index is 0.0380. The van der Waals surface area contributed by atoms with Crippen molar-refractivity contribution in [3.63, 3.8) is 0 Å². The first-order valence-corrected chi connectivity index (χ1v) is 4.32. The molecule has 0 aromatic heterocycles. The van der Waals surface area contributed by atoms with E-state index in [1.165, 1.54) is 7.11 Å². The van der Waals surface area contributed by atoms with Gasteiger partial charge in [-0.15, -0.1) is 0 Å². The minimum atomic E-state index is -0.378. The van der Waals surface area contributed by atoms with Gasteiger partial charge in [0.1, 0.15) is 12.5 Å². The predicted octanol–water partition coefficient (Wildman–Crippen LogP) is 1.47. The highest BCUT2D eigenvalue weighted by Gasteiger charge is 1.97. The summed E-state index contributed by atoms with van der Waals surface area (Å²) in [7, 11) is 1.31. The maximum Gasteiger partial charge on any atom is 0.317 e. The average Bonchev–Trinajstić information content (AvgIpc) is 2.29. The van der Waals surface area contributed by atoms with Crippen LogP contribution in [0.5, 0.6) is 0 Å². The van der Waals surface area contributed by atoms with Gasteiger partial charge in [0, 0.05) is 5.56 Å². The van der Waals surface area contributed by atoms with Gasteiger partial charge in [-0.2, -0.15) is 5.26 Å². The van der Waals surface area contributed by atoms with Gasteiger partial charge in [0.15, 0.2) is 0 Å². The third-order valence-electron chi connectivity index (χ3n) is 1.73. The molecule has 3 heteroatoms. The van der Waals surface area contributed by atoms with E-state index in [1.807, 2.05) is 6.07 Å². The summed E-state index contributed by atoms with van der Waals surface area (Å²) in [4.78, 5) is 10.8. The van der Waals surface area contributed by atoms with Gasteiger partial charge in [-0.1, -0.05) is 24.0 Å². The number of nitrogens with zero attached hydrogens (tertiary/aromatic N) is 1. The molecule has 0 saturated heterocycles. The highest BCUT2D eigenvalue weighted by atomic mass is 16.5. The molecule has 1 aromatic rings. The monoisotopic (exact) mass is 199 g/mol. The number of ether oxygens (including phenoxy) is 1. The van der Waals surface area contributed by atoms with E-state index in [4.69, 9.17) is 5.26 Å². The van der Waals surface area contributed by atoms with Gasteiger partial charge in [-0.25, -0.2) is 0 Å². The number of hydrogen-bond acceptors (Lipinski definition) is 3. The molecule has 0 aliphatic heterocycles. The molecule has 0 fully saturated rings. The van der Waals surface area contributed by atoms with E-state index in [1.54, 1.807) is 24.3 Å². The summed E-state index contributed by atoms with van der Waals surface area (Å²) in [6.07, 6.45) is 0.0380.